The van der Waals surface area contributed by atoms with Crippen LogP contribution in [0.2, 0.25) is 0 Å². The number of anilines is 1. The molecule has 1 N–H and O–H groups in total. The van der Waals surface area contributed by atoms with E-state index in [0.29, 0.717) is 43.4 Å². The van der Waals surface area contributed by atoms with E-state index in [1.807, 2.05) is 4.68 Å². The summed E-state index contributed by atoms with van der Waals surface area (Å²) in [7, 11) is 3.11. The van der Waals surface area contributed by atoms with Gasteiger partial charge in [-0.3, -0.25) is 4.79 Å². The first-order valence-electron chi connectivity index (χ1n) is 10.8. The number of amides is 1. The predicted molar refractivity (Wildman–Crippen MR) is 127 cm³/mol. The summed E-state index contributed by atoms with van der Waals surface area (Å²) in [6, 6.07) is 5.08. The minimum absolute atomic E-state index is 0.213. The highest BCUT2D eigenvalue weighted by Crippen LogP contribution is 2.28. The lowest BCUT2D eigenvalue weighted by molar-refractivity contribution is 0.0951. The van der Waals surface area contributed by atoms with E-state index in [1.165, 1.54) is 0 Å². The van der Waals surface area contributed by atoms with Gasteiger partial charge in [0.2, 0.25) is 0 Å². The van der Waals surface area contributed by atoms with E-state index < -0.39 is 0 Å². The molecule has 1 saturated heterocycles. The number of benzene rings is 1. The van der Waals surface area contributed by atoms with Crippen LogP contribution in [0.1, 0.15) is 17.3 Å². The maximum atomic E-state index is 12.7. The fraction of sp³-hybridized carbons (Fsp3) is 0.455. The molecule has 1 fully saturated rings. The van der Waals surface area contributed by atoms with Crippen molar-refractivity contribution in [1.29, 1.82) is 0 Å². The molecule has 10 nitrogen and oxygen atoms in total. The van der Waals surface area contributed by atoms with Crippen molar-refractivity contribution < 1.29 is 19.0 Å². The zero-order chi connectivity index (χ0) is 23.2. The van der Waals surface area contributed by atoms with Crippen LogP contribution in [-0.2, 0) is 11.3 Å². The number of hydrogen-bond acceptors (Lipinski definition) is 9. The smallest absolute Gasteiger partial charge is 0.251 e. The third-order valence-electron chi connectivity index (χ3n) is 5.26. The first-order chi connectivity index (χ1) is 16.1. The van der Waals surface area contributed by atoms with Gasteiger partial charge in [0.1, 0.15) is 17.3 Å². The van der Waals surface area contributed by atoms with Crippen LogP contribution in [0.5, 0.6) is 11.5 Å². The normalized spacial score (nSPS) is 13.8. The van der Waals surface area contributed by atoms with Crippen molar-refractivity contribution in [2.75, 3.05) is 57.7 Å². The van der Waals surface area contributed by atoms with E-state index in [-0.39, 0.29) is 5.91 Å². The Bertz CT molecular complexity index is 1090. The molecule has 1 aliphatic rings. The molecule has 33 heavy (non-hydrogen) atoms. The van der Waals surface area contributed by atoms with E-state index in [1.54, 1.807) is 50.4 Å². The maximum Gasteiger partial charge on any atom is 0.251 e. The van der Waals surface area contributed by atoms with Crippen molar-refractivity contribution >= 4 is 34.5 Å². The lowest BCUT2D eigenvalue weighted by Crippen LogP contribution is -2.37. The van der Waals surface area contributed by atoms with Gasteiger partial charge in [-0.2, -0.15) is 5.10 Å². The maximum absolute atomic E-state index is 12.7. The largest absolute Gasteiger partial charge is 0.497 e. The van der Waals surface area contributed by atoms with Crippen LogP contribution in [0, 0.1) is 0 Å². The molecule has 4 rings (SSSR count). The highest BCUT2D eigenvalue weighted by Gasteiger charge is 2.20. The molecule has 1 amide bonds. The molecular formula is C22H28N6O4S. The van der Waals surface area contributed by atoms with Crippen LogP contribution in [0.15, 0.2) is 29.6 Å². The van der Waals surface area contributed by atoms with Crippen molar-refractivity contribution in [3.8, 4) is 11.5 Å². The Balaban J connectivity index is 1.51. The van der Waals surface area contributed by atoms with E-state index >= 15 is 0 Å². The van der Waals surface area contributed by atoms with E-state index in [4.69, 9.17) is 24.2 Å². The predicted octanol–water partition coefficient (Wildman–Crippen LogP) is 2.22. The van der Waals surface area contributed by atoms with Gasteiger partial charge >= 0.3 is 0 Å². The zero-order valence-corrected chi connectivity index (χ0v) is 19.9. The van der Waals surface area contributed by atoms with Gasteiger partial charge in [-0.1, -0.05) is 18.7 Å². The number of aromatic nitrogens is 4. The van der Waals surface area contributed by atoms with Gasteiger partial charge in [0.25, 0.3) is 5.91 Å². The number of nitrogens with one attached hydrogen (secondary N) is 1. The summed E-state index contributed by atoms with van der Waals surface area (Å²) in [6.07, 6.45) is 1.80. The topological polar surface area (TPSA) is 104 Å². The second-order valence-corrected chi connectivity index (χ2v) is 8.56. The molecule has 0 unspecified atom stereocenters. The van der Waals surface area contributed by atoms with E-state index in [0.717, 1.165) is 40.9 Å². The molecule has 0 atom stereocenters. The van der Waals surface area contributed by atoms with Crippen molar-refractivity contribution in [3.63, 3.8) is 0 Å². The van der Waals surface area contributed by atoms with Gasteiger partial charge in [-0.15, -0.1) is 0 Å². The Hall–Kier alpha value is -3.05. The minimum atomic E-state index is -0.213. The molecule has 0 radical (unpaired) electrons. The zero-order valence-electron chi connectivity index (χ0n) is 19.0. The number of ether oxygens (including phenoxy) is 3. The molecule has 0 saturated carbocycles. The summed E-state index contributed by atoms with van der Waals surface area (Å²) in [5, 5.41) is 9.09. The summed E-state index contributed by atoms with van der Waals surface area (Å²) in [4.78, 5) is 24.4. The SMILES string of the molecule is CCSc1nc(N2CCOCC2)c2cnn(CCNC(=O)c3cc(OC)cc(OC)c3)c2n1. The van der Waals surface area contributed by atoms with E-state index in [2.05, 4.69) is 22.2 Å². The fourth-order valence-corrected chi connectivity index (χ4v) is 4.17. The van der Waals surface area contributed by atoms with Crippen LogP contribution in [0.3, 0.4) is 0 Å². The van der Waals surface area contributed by atoms with Crippen molar-refractivity contribution in [2.24, 2.45) is 0 Å². The lowest BCUT2D eigenvalue weighted by atomic mass is 10.2. The molecular weight excluding hydrogens is 444 g/mol. The van der Waals surface area contributed by atoms with Gasteiger partial charge in [-0.05, 0) is 17.9 Å². The Morgan fingerprint density at radius 2 is 1.88 bits per heavy atom. The third-order valence-corrected chi connectivity index (χ3v) is 5.99. The number of morpholine rings is 1. The fourth-order valence-electron chi connectivity index (χ4n) is 3.61. The number of hydrogen-bond donors (Lipinski definition) is 1. The molecule has 0 bridgehead atoms. The number of thioether (sulfide) groups is 1. The third kappa shape index (κ3) is 5.31. The number of methoxy groups -OCH3 is 2. The quantitative estimate of drug-likeness (QED) is 0.371. The van der Waals surface area contributed by atoms with Crippen molar-refractivity contribution in [1.82, 2.24) is 25.1 Å². The first-order valence-corrected chi connectivity index (χ1v) is 11.8. The highest BCUT2D eigenvalue weighted by atomic mass is 32.2. The van der Waals surface area contributed by atoms with Crippen molar-refractivity contribution in [3.05, 3.63) is 30.0 Å². The summed E-state index contributed by atoms with van der Waals surface area (Å²) in [6.45, 7) is 5.87. The van der Waals surface area contributed by atoms with Gasteiger partial charge in [0.05, 0.1) is 45.6 Å². The number of fused-ring (bicyclic) bond motifs is 1. The molecule has 1 aromatic carbocycles. The molecule has 176 valence electrons. The van der Waals surface area contributed by atoms with Crippen LogP contribution < -0.4 is 19.7 Å². The molecule has 2 aromatic heterocycles. The van der Waals surface area contributed by atoms with Gasteiger partial charge in [-0.25, -0.2) is 14.6 Å². The van der Waals surface area contributed by atoms with Gasteiger partial charge in [0, 0.05) is 31.3 Å². The van der Waals surface area contributed by atoms with Crippen LogP contribution in [0.25, 0.3) is 11.0 Å². The molecule has 0 spiro atoms. The van der Waals surface area contributed by atoms with Crippen LogP contribution in [0.4, 0.5) is 5.82 Å². The number of carbonyl (C=O) groups excluding carboxylic acids is 1. The summed E-state index contributed by atoms with van der Waals surface area (Å²) in [5.74, 6) is 2.67. The second kappa shape index (κ2) is 10.7. The van der Waals surface area contributed by atoms with Gasteiger partial charge in [0.15, 0.2) is 10.8 Å². The molecule has 3 aromatic rings. The van der Waals surface area contributed by atoms with Crippen LogP contribution in [-0.4, -0.2) is 78.5 Å². The lowest BCUT2D eigenvalue weighted by Gasteiger charge is -2.28. The number of nitrogens with zero attached hydrogens (tertiary/aromatic N) is 5. The molecule has 3 heterocycles. The monoisotopic (exact) mass is 472 g/mol. The van der Waals surface area contributed by atoms with Crippen molar-refractivity contribution in [2.45, 2.75) is 18.6 Å². The number of carbonyl (C=O) groups is 1. The molecule has 11 heteroatoms. The Morgan fingerprint density at radius 3 is 2.55 bits per heavy atom. The average Bonchev–Trinajstić information content (AvgIpc) is 3.26. The standard InChI is InChI=1S/C22H28N6O4S/c1-4-33-22-25-19(27-7-9-32-10-8-27)18-14-24-28(20(18)26-22)6-5-23-21(29)15-11-16(30-2)13-17(12-15)31-3/h11-14H,4-10H2,1-3H3,(H,23,29). The van der Waals surface area contributed by atoms with Crippen LogP contribution >= 0.6 is 11.8 Å². The Kier molecular flexibility index (Phi) is 7.50. The highest BCUT2D eigenvalue weighted by molar-refractivity contribution is 7.99. The summed E-state index contributed by atoms with van der Waals surface area (Å²) < 4.78 is 17.8. The molecule has 1 aliphatic heterocycles. The number of rotatable bonds is 9. The Labute approximate surface area is 196 Å². The summed E-state index contributed by atoms with van der Waals surface area (Å²) in [5.41, 5.74) is 1.23. The first kappa shape index (κ1) is 23.1. The van der Waals surface area contributed by atoms with Gasteiger partial charge < -0.3 is 24.4 Å². The minimum Gasteiger partial charge on any atom is -0.497 e. The second-order valence-electron chi connectivity index (χ2n) is 7.32. The summed E-state index contributed by atoms with van der Waals surface area (Å²) >= 11 is 1.60. The van der Waals surface area contributed by atoms with E-state index in [9.17, 15) is 4.79 Å². The average molecular weight is 473 g/mol. The Morgan fingerprint density at radius 1 is 1.15 bits per heavy atom. The molecule has 0 aliphatic carbocycles.